The fourth-order valence-corrected chi connectivity index (χ4v) is 5.10. The van der Waals surface area contributed by atoms with Crippen LogP contribution in [0.3, 0.4) is 0 Å². The first-order valence-electron chi connectivity index (χ1n) is 11.5. The van der Waals surface area contributed by atoms with E-state index in [9.17, 15) is 9.59 Å². The molecule has 0 bridgehead atoms. The minimum absolute atomic E-state index is 0.160. The number of hydrogen-bond donors (Lipinski definition) is 2. The Balaban J connectivity index is 1.24. The van der Waals surface area contributed by atoms with Crippen LogP contribution in [0.5, 0.6) is 0 Å². The summed E-state index contributed by atoms with van der Waals surface area (Å²) in [6.07, 6.45) is 6.01. The van der Waals surface area contributed by atoms with E-state index in [0.717, 1.165) is 36.1 Å². The quantitative estimate of drug-likeness (QED) is 0.468. The zero-order valence-corrected chi connectivity index (χ0v) is 20.5. The number of rotatable bonds is 6. The summed E-state index contributed by atoms with van der Waals surface area (Å²) in [6.45, 7) is 3.64. The first kappa shape index (κ1) is 23.5. The van der Waals surface area contributed by atoms with Crippen LogP contribution in [-0.4, -0.2) is 53.0 Å². The van der Waals surface area contributed by atoms with Crippen LogP contribution in [0, 0.1) is 0 Å². The summed E-state index contributed by atoms with van der Waals surface area (Å²) < 4.78 is 0. The van der Waals surface area contributed by atoms with Crippen molar-refractivity contribution in [1.82, 2.24) is 15.2 Å². The molecule has 0 radical (unpaired) electrons. The molecular weight excluding hydrogens is 482 g/mol. The topological polar surface area (TPSA) is 86.7 Å². The van der Waals surface area contributed by atoms with Gasteiger partial charge in [0.25, 0.3) is 11.8 Å². The van der Waals surface area contributed by atoms with Crippen LogP contribution in [0.4, 0.5) is 5.69 Å². The molecule has 0 saturated carbocycles. The van der Waals surface area contributed by atoms with Gasteiger partial charge in [-0.25, -0.2) is 0 Å². The number of anilines is 1. The lowest BCUT2D eigenvalue weighted by Crippen LogP contribution is -2.33. The molecule has 9 heteroatoms. The van der Waals surface area contributed by atoms with Crippen LogP contribution < -0.4 is 10.6 Å². The molecule has 2 aliphatic heterocycles. The van der Waals surface area contributed by atoms with Gasteiger partial charge in [0.15, 0.2) is 5.17 Å². The SMILES string of the molecule is O=C1N=C(Nc2cc(C(=O)NCCN3CCCC3)ccc2Cl)SC1=Cc1ccc2ncccc2c1. The van der Waals surface area contributed by atoms with Gasteiger partial charge >= 0.3 is 0 Å². The maximum atomic E-state index is 12.6. The van der Waals surface area contributed by atoms with Gasteiger partial charge in [-0.3, -0.25) is 14.6 Å². The van der Waals surface area contributed by atoms with Crippen LogP contribution in [0.25, 0.3) is 17.0 Å². The highest BCUT2D eigenvalue weighted by Crippen LogP contribution is 2.32. The maximum absolute atomic E-state index is 12.6. The van der Waals surface area contributed by atoms with Gasteiger partial charge in [0.05, 0.1) is 21.1 Å². The van der Waals surface area contributed by atoms with Crippen molar-refractivity contribution in [3.8, 4) is 0 Å². The summed E-state index contributed by atoms with van der Waals surface area (Å²) in [5, 5.41) is 7.92. The summed E-state index contributed by atoms with van der Waals surface area (Å²) in [7, 11) is 0. The standard InChI is InChI=1S/C26H24ClN5O2S/c27-20-7-6-19(24(33)29-10-13-32-11-1-2-12-32)16-22(20)30-26-31-25(34)23(35-26)15-17-5-8-21-18(14-17)4-3-9-28-21/h3-9,14-16H,1-2,10-13H2,(H,29,33)(H,30,31,34). The summed E-state index contributed by atoms with van der Waals surface area (Å²) in [4.78, 5) is 36.4. The monoisotopic (exact) mass is 505 g/mol. The second-order valence-electron chi connectivity index (χ2n) is 8.41. The van der Waals surface area contributed by atoms with E-state index in [0.29, 0.717) is 32.9 Å². The van der Waals surface area contributed by atoms with Gasteiger partial charge in [0, 0.05) is 30.2 Å². The normalized spacial score (nSPS) is 17.2. The molecule has 178 valence electrons. The Morgan fingerprint density at radius 2 is 2.00 bits per heavy atom. The van der Waals surface area contributed by atoms with Gasteiger partial charge in [-0.2, -0.15) is 4.99 Å². The summed E-state index contributed by atoms with van der Waals surface area (Å²) in [6, 6.07) is 14.7. The minimum Gasteiger partial charge on any atom is -0.351 e. The zero-order chi connectivity index (χ0) is 24.2. The number of carbonyl (C=O) groups excluding carboxylic acids is 2. The minimum atomic E-state index is -0.323. The van der Waals surface area contributed by atoms with Crippen LogP contribution in [0.1, 0.15) is 28.8 Å². The molecule has 35 heavy (non-hydrogen) atoms. The van der Waals surface area contributed by atoms with Gasteiger partial charge in [0.1, 0.15) is 0 Å². The largest absolute Gasteiger partial charge is 0.351 e. The number of likely N-dealkylation sites (tertiary alicyclic amines) is 1. The van der Waals surface area contributed by atoms with Gasteiger partial charge < -0.3 is 15.5 Å². The predicted octanol–water partition coefficient (Wildman–Crippen LogP) is 4.80. The number of aromatic nitrogens is 1. The fourth-order valence-electron chi connectivity index (χ4n) is 4.11. The number of fused-ring (bicyclic) bond motifs is 1. The molecular formula is C26H24ClN5O2S. The Morgan fingerprint density at radius 3 is 2.86 bits per heavy atom. The average molecular weight is 506 g/mol. The molecule has 2 aliphatic rings. The number of nitrogens with one attached hydrogen (secondary N) is 2. The first-order chi connectivity index (χ1) is 17.0. The molecule has 7 nitrogen and oxygen atoms in total. The average Bonchev–Trinajstić information content (AvgIpc) is 3.50. The Morgan fingerprint density at radius 1 is 1.14 bits per heavy atom. The molecule has 5 rings (SSSR count). The van der Waals surface area contributed by atoms with Crippen molar-refractivity contribution in [2.75, 3.05) is 31.5 Å². The van der Waals surface area contributed by atoms with E-state index < -0.39 is 0 Å². The van der Waals surface area contributed by atoms with Gasteiger partial charge in [-0.15, -0.1) is 0 Å². The number of pyridine rings is 1. The van der Waals surface area contributed by atoms with Crippen molar-refractivity contribution in [3.63, 3.8) is 0 Å². The van der Waals surface area contributed by atoms with Crippen molar-refractivity contribution in [2.45, 2.75) is 12.8 Å². The number of amidine groups is 1. The van der Waals surface area contributed by atoms with Crippen LogP contribution in [0.15, 0.2) is 64.6 Å². The van der Waals surface area contributed by atoms with Crippen molar-refractivity contribution in [2.24, 2.45) is 4.99 Å². The molecule has 2 N–H and O–H groups in total. The molecule has 2 aromatic carbocycles. The lowest BCUT2D eigenvalue weighted by atomic mass is 10.1. The van der Waals surface area contributed by atoms with E-state index in [2.05, 4.69) is 25.5 Å². The Labute approximate surface area is 212 Å². The van der Waals surface area contributed by atoms with Crippen LogP contribution in [0.2, 0.25) is 5.02 Å². The van der Waals surface area contributed by atoms with E-state index in [1.54, 1.807) is 24.4 Å². The highest BCUT2D eigenvalue weighted by molar-refractivity contribution is 8.18. The molecule has 0 unspecified atom stereocenters. The molecule has 3 aromatic rings. The number of aliphatic imine (C=N–C) groups is 1. The number of nitrogens with zero attached hydrogens (tertiary/aromatic N) is 3. The zero-order valence-electron chi connectivity index (χ0n) is 19.0. The van der Waals surface area contributed by atoms with E-state index in [4.69, 9.17) is 11.6 Å². The maximum Gasteiger partial charge on any atom is 0.286 e. The summed E-state index contributed by atoms with van der Waals surface area (Å²) in [5.74, 6) is -0.483. The van der Waals surface area contributed by atoms with Crippen LogP contribution in [-0.2, 0) is 4.79 Å². The molecule has 2 amide bonds. The van der Waals surface area contributed by atoms with Crippen molar-refractivity contribution < 1.29 is 9.59 Å². The smallest absolute Gasteiger partial charge is 0.286 e. The Kier molecular flexibility index (Phi) is 7.13. The van der Waals surface area contributed by atoms with Gasteiger partial charge in [0.2, 0.25) is 0 Å². The van der Waals surface area contributed by atoms with E-state index >= 15 is 0 Å². The highest BCUT2D eigenvalue weighted by atomic mass is 35.5. The van der Waals surface area contributed by atoms with Crippen molar-refractivity contribution in [3.05, 3.63) is 75.8 Å². The number of halogens is 1. The van der Waals surface area contributed by atoms with Gasteiger partial charge in [-0.05, 0) is 85.7 Å². The second kappa shape index (κ2) is 10.6. The molecule has 1 fully saturated rings. The number of carbonyl (C=O) groups is 2. The van der Waals surface area contributed by atoms with Crippen molar-refractivity contribution in [1.29, 1.82) is 0 Å². The molecule has 0 aliphatic carbocycles. The molecule has 0 atom stereocenters. The highest BCUT2D eigenvalue weighted by Gasteiger charge is 2.23. The molecule has 1 aromatic heterocycles. The molecule has 1 saturated heterocycles. The third-order valence-corrected chi connectivity index (χ3v) is 7.16. The predicted molar refractivity (Wildman–Crippen MR) is 143 cm³/mol. The third-order valence-electron chi connectivity index (χ3n) is 5.93. The third kappa shape index (κ3) is 5.73. The summed E-state index contributed by atoms with van der Waals surface area (Å²) >= 11 is 7.59. The second-order valence-corrected chi connectivity index (χ2v) is 9.85. The fraction of sp³-hybridized carbons (Fsp3) is 0.231. The Hall–Kier alpha value is -3.20. The van der Waals surface area contributed by atoms with E-state index in [-0.39, 0.29) is 11.8 Å². The number of hydrogen-bond acceptors (Lipinski definition) is 6. The Bertz CT molecular complexity index is 1350. The molecule has 3 heterocycles. The first-order valence-corrected chi connectivity index (χ1v) is 12.7. The van der Waals surface area contributed by atoms with Crippen LogP contribution >= 0.6 is 23.4 Å². The lowest BCUT2D eigenvalue weighted by molar-refractivity contribution is -0.113. The van der Waals surface area contributed by atoms with Gasteiger partial charge in [-0.1, -0.05) is 23.7 Å². The van der Waals surface area contributed by atoms with E-state index in [1.807, 2.05) is 36.4 Å². The molecule has 0 spiro atoms. The number of amides is 2. The lowest BCUT2D eigenvalue weighted by Gasteiger charge is -2.15. The van der Waals surface area contributed by atoms with Crippen molar-refractivity contribution >= 4 is 63.0 Å². The number of benzene rings is 2. The summed E-state index contributed by atoms with van der Waals surface area (Å²) in [5.41, 5.74) is 2.81. The van der Waals surface area contributed by atoms with E-state index in [1.165, 1.54) is 24.6 Å². The number of thioether (sulfide) groups is 1.